The molecular weight excluding hydrogens is 206 g/mol. The maximum absolute atomic E-state index is 11.8. The van der Waals surface area contributed by atoms with E-state index in [1.165, 1.54) is 0 Å². The van der Waals surface area contributed by atoms with E-state index in [4.69, 9.17) is 5.73 Å². The lowest BCUT2D eigenvalue weighted by atomic mass is 10.1. The largest absolute Gasteiger partial charge is 0.382 e. The van der Waals surface area contributed by atoms with Gasteiger partial charge in [0.15, 0.2) is 0 Å². The number of hydrogen-bond acceptors (Lipinski definition) is 4. The fourth-order valence-electron chi connectivity index (χ4n) is 2.00. The summed E-state index contributed by atoms with van der Waals surface area (Å²) < 4.78 is 0. The van der Waals surface area contributed by atoms with Gasteiger partial charge in [-0.2, -0.15) is 5.10 Å². The third-order valence-electron chi connectivity index (χ3n) is 2.80. The van der Waals surface area contributed by atoms with Gasteiger partial charge in [0.2, 0.25) is 0 Å². The van der Waals surface area contributed by atoms with Crippen LogP contribution >= 0.6 is 0 Å². The zero-order valence-corrected chi connectivity index (χ0v) is 9.36. The molecule has 1 aliphatic heterocycles. The first-order valence-electron chi connectivity index (χ1n) is 5.45. The zero-order chi connectivity index (χ0) is 11.5. The highest BCUT2D eigenvalue weighted by Gasteiger charge is 2.20. The van der Waals surface area contributed by atoms with Crippen LogP contribution in [0, 0.1) is 0 Å². The number of amides is 1. The number of nitrogens with one attached hydrogen (secondary N) is 2. The van der Waals surface area contributed by atoms with Gasteiger partial charge in [-0.15, -0.1) is 0 Å². The van der Waals surface area contributed by atoms with Crippen LogP contribution < -0.4 is 11.1 Å². The molecule has 0 spiro atoms. The van der Waals surface area contributed by atoms with Gasteiger partial charge in [0.1, 0.15) is 11.5 Å². The molecule has 1 unspecified atom stereocenters. The molecule has 4 N–H and O–H groups in total. The van der Waals surface area contributed by atoms with Gasteiger partial charge in [-0.25, -0.2) is 0 Å². The fraction of sp³-hybridized carbons (Fsp3) is 0.600. The highest BCUT2D eigenvalue weighted by molar-refractivity contribution is 5.93. The minimum atomic E-state index is -0.135. The summed E-state index contributed by atoms with van der Waals surface area (Å²) in [4.78, 5) is 14.0. The van der Waals surface area contributed by atoms with Crippen molar-refractivity contribution in [2.24, 2.45) is 0 Å². The standard InChI is InChI=1S/C10H17N5O/c1-15-4-2-3-7(6-15)12-10(16)8-5-9(11)14-13-8/h5,7H,2-4,6H2,1H3,(H,12,16)(H3,11,13,14). The predicted molar refractivity (Wildman–Crippen MR) is 61.0 cm³/mol. The molecule has 0 radical (unpaired) electrons. The number of aromatic nitrogens is 2. The van der Waals surface area contributed by atoms with E-state index in [1.54, 1.807) is 6.07 Å². The van der Waals surface area contributed by atoms with Gasteiger partial charge in [0.25, 0.3) is 5.91 Å². The van der Waals surface area contributed by atoms with E-state index < -0.39 is 0 Å². The van der Waals surface area contributed by atoms with Crippen molar-refractivity contribution < 1.29 is 4.79 Å². The molecule has 1 saturated heterocycles. The van der Waals surface area contributed by atoms with Crippen molar-refractivity contribution in [1.29, 1.82) is 0 Å². The Balaban J connectivity index is 1.92. The number of aromatic amines is 1. The van der Waals surface area contributed by atoms with E-state index in [0.717, 1.165) is 25.9 Å². The van der Waals surface area contributed by atoms with Crippen LogP contribution in [-0.2, 0) is 0 Å². The van der Waals surface area contributed by atoms with Crippen molar-refractivity contribution in [2.75, 3.05) is 25.9 Å². The normalized spacial score (nSPS) is 21.9. The Labute approximate surface area is 94.2 Å². The number of nitrogens with two attached hydrogens (primary N) is 1. The van der Waals surface area contributed by atoms with Crippen LogP contribution in [0.1, 0.15) is 23.3 Å². The Kier molecular flexibility index (Phi) is 3.09. The van der Waals surface area contributed by atoms with Crippen LogP contribution in [0.5, 0.6) is 0 Å². The molecule has 2 rings (SSSR count). The molecule has 2 heterocycles. The lowest BCUT2D eigenvalue weighted by Gasteiger charge is -2.29. The molecule has 0 bridgehead atoms. The van der Waals surface area contributed by atoms with Crippen LogP contribution in [0.25, 0.3) is 0 Å². The summed E-state index contributed by atoms with van der Waals surface area (Å²) >= 11 is 0. The first-order chi connectivity index (χ1) is 7.65. The minimum Gasteiger partial charge on any atom is -0.382 e. The second kappa shape index (κ2) is 4.52. The summed E-state index contributed by atoms with van der Waals surface area (Å²) in [6.45, 7) is 2.00. The molecule has 0 saturated carbocycles. The molecule has 1 atom stereocenters. The monoisotopic (exact) mass is 223 g/mol. The number of likely N-dealkylation sites (N-methyl/N-ethyl adjacent to an activating group) is 1. The first-order valence-corrected chi connectivity index (χ1v) is 5.45. The molecular formula is C10H17N5O. The third-order valence-corrected chi connectivity index (χ3v) is 2.80. The highest BCUT2D eigenvalue weighted by atomic mass is 16.2. The van der Waals surface area contributed by atoms with Gasteiger partial charge in [-0.3, -0.25) is 9.89 Å². The van der Waals surface area contributed by atoms with Crippen molar-refractivity contribution in [3.63, 3.8) is 0 Å². The summed E-state index contributed by atoms with van der Waals surface area (Å²) in [5, 5.41) is 9.30. The molecule has 6 nitrogen and oxygen atoms in total. The SMILES string of the molecule is CN1CCCC(NC(=O)c2cc(N)n[nH]2)C1. The maximum atomic E-state index is 11.8. The third kappa shape index (κ3) is 2.52. The summed E-state index contributed by atoms with van der Waals surface area (Å²) in [5.41, 5.74) is 5.86. The molecule has 6 heteroatoms. The van der Waals surface area contributed by atoms with Crippen molar-refractivity contribution in [2.45, 2.75) is 18.9 Å². The number of likely N-dealkylation sites (tertiary alicyclic amines) is 1. The molecule has 1 aromatic rings. The Bertz CT molecular complexity index is 375. The van der Waals surface area contributed by atoms with Crippen LogP contribution in [0.4, 0.5) is 5.82 Å². The van der Waals surface area contributed by atoms with E-state index in [2.05, 4.69) is 27.5 Å². The van der Waals surface area contributed by atoms with E-state index in [-0.39, 0.29) is 11.9 Å². The Morgan fingerprint density at radius 3 is 3.19 bits per heavy atom. The molecule has 0 aromatic carbocycles. The topological polar surface area (TPSA) is 87.0 Å². The number of H-pyrrole nitrogens is 1. The average molecular weight is 223 g/mol. The summed E-state index contributed by atoms with van der Waals surface area (Å²) in [7, 11) is 2.06. The molecule has 1 amide bonds. The van der Waals surface area contributed by atoms with Crippen LogP contribution in [-0.4, -0.2) is 47.2 Å². The molecule has 1 aliphatic rings. The molecule has 1 fully saturated rings. The van der Waals surface area contributed by atoms with E-state index >= 15 is 0 Å². The number of carbonyl (C=O) groups excluding carboxylic acids is 1. The van der Waals surface area contributed by atoms with E-state index in [0.29, 0.717) is 11.5 Å². The van der Waals surface area contributed by atoms with Gasteiger partial charge in [-0.1, -0.05) is 0 Å². The van der Waals surface area contributed by atoms with Gasteiger partial charge < -0.3 is 16.0 Å². The number of hydrogen-bond donors (Lipinski definition) is 3. The fourth-order valence-corrected chi connectivity index (χ4v) is 2.00. The molecule has 16 heavy (non-hydrogen) atoms. The summed E-state index contributed by atoms with van der Waals surface area (Å²) in [6, 6.07) is 1.76. The number of rotatable bonds is 2. The van der Waals surface area contributed by atoms with Crippen molar-refractivity contribution in [3.8, 4) is 0 Å². The van der Waals surface area contributed by atoms with Gasteiger partial charge in [0, 0.05) is 18.7 Å². The van der Waals surface area contributed by atoms with Gasteiger partial charge in [0.05, 0.1) is 0 Å². The number of nitrogens with zero attached hydrogens (tertiary/aromatic N) is 2. The molecule has 88 valence electrons. The Morgan fingerprint density at radius 2 is 2.56 bits per heavy atom. The average Bonchev–Trinajstić information content (AvgIpc) is 2.65. The van der Waals surface area contributed by atoms with E-state index in [9.17, 15) is 4.79 Å². The lowest BCUT2D eigenvalue weighted by Crippen LogP contribution is -2.46. The van der Waals surface area contributed by atoms with E-state index in [1.807, 2.05) is 0 Å². The van der Waals surface area contributed by atoms with Crippen molar-refractivity contribution >= 4 is 11.7 Å². The van der Waals surface area contributed by atoms with Crippen LogP contribution in [0.3, 0.4) is 0 Å². The first kappa shape index (κ1) is 10.9. The second-order valence-electron chi connectivity index (χ2n) is 4.28. The van der Waals surface area contributed by atoms with Crippen molar-refractivity contribution in [1.82, 2.24) is 20.4 Å². The minimum absolute atomic E-state index is 0.135. The second-order valence-corrected chi connectivity index (χ2v) is 4.28. The van der Waals surface area contributed by atoms with Crippen molar-refractivity contribution in [3.05, 3.63) is 11.8 Å². The predicted octanol–water partition coefficient (Wildman–Crippen LogP) is -0.184. The number of nitrogen functional groups attached to an aromatic ring is 1. The van der Waals surface area contributed by atoms with Gasteiger partial charge in [-0.05, 0) is 26.4 Å². The maximum Gasteiger partial charge on any atom is 0.269 e. The number of anilines is 1. The lowest BCUT2D eigenvalue weighted by molar-refractivity contribution is 0.0907. The smallest absolute Gasteiger partial charge is 0.269 e. The summed E-state index contributed by atoms with van der Waals surface area (Å²) in [5.74, 6) is 0.204. The Hall–Kier alpha value is -1.56. The summed E-state index contributed by atoms with van der Waals surface area (Å²) in [6.07, 6.45) is 2.15. The quantitative estimate of drug-likeness (QED) is 0.649. The van der Waals surface area contributed by atoms with Crippen LogP contribution in [0.15, 0.2) is 6.07 Å². The van der Waals surface area contributed by atoms with Crippen LogP contribution in [0.2, 0.25) is 0 Å². The number of piperidine rings is 1. The van der Waals surface area contributed by atoms with Gasteiger partial charge >= 0.3 is 0 Å². The molecule has 0 aliphatic carbocycles. The zero-order valence-electron chi connectivity index (χ0n) is 9.36. The highest BCUT2D eigenvalue weighted by Crippen LogP contribution is 2.09. The Morgan fingerprint density at radius 1 is 1.75 bits per heavy atom. The molecule has 1 aromatic heterocycles. The number of carbonyl (C=O) groups is 1.